The zero-order valence-corrected chi connectivity index (χ0v) is 15.1. The fourth-order valence-electron chi connectivity index (χ4n) is 2.82. The topological polar surface area (TPSA) is 9.23 Å². The molecule has 2 aromatic carbocycles. The molecule has 0 N–H and O–H groups in total. The first-order valence-electron chi connectivity index (χ1n) is 8.45. The van der Waals surface area contributed by atoms with Gasteiger partial charge in [-0.1, -0.05) is 62.2 Å². The molecule has 2 heteroatoms. The fraction of sp³-hybridized carbons (Fsp3) is 0.429. The Labute approximate surface area is 147 Å². The molecule has 2 aromatic rings. The summed E-state index contributed by atoms with van der Waals surface area (Å²) in [5.41, 5.74) is 2.88. The molecule has 0 aliphatic heterocycles. The summed E-state index contributed by atoms with van der Waals surface area (Å²) in [5.74, 6) is 1.76. The quantitative estimate of drug-likeness (QED) is 0.504. The summed E-state index contributed by atoms with van der Waals surface area (Å²) in [4.78, 5) is 0. The number of halogens is 1. The van der Waals surface area contributed by atoms with Crippen molar-refractivity contribution < 1.29 is 4.74 Å². The Morgan fingerprint density at radius 1 is 0.783 bits per heavy atom. The van der Waals surface area contributed by atoms with Gasteiger partial charge in [0.25, 0.3) is 0 Å². The lowest BCUT2D eigenvalue weighted by molar-refractivity contribution is 0.414. The van der Waals surface area contributed by atoms with E-state index in [1.165, 1.54) is 49.7 Å². The third kappa shape index (κ3) is 7.56. The number of hydrogen-bond donors (Lipinski definition) is 0. The number of aryl methyl sites for hydroxylation is 2. The van der Waals surface area contributed by atoms with E-state index in [-0.39, 0.29) is 12.4 Å². The molecule has 1 atom stereocenters. The van der Waals surface area contributed by atoms with Crippen LogP contribution < -0.4 is 4.74 Å². The Morgan fingerprint density at radius 3 is 2.09 bits per heavy atom. The fourth-order valence-corrected chi connectivity index (χ4v) is 2.82. The smallest absolute Gasteiger partial charge is 0.118 e. The van der Waals surface area contributed by atoms with Crippen LogP contribution in [0.4, 0.5) is 0 Å². The van der Waals surface area contributed by atoms with Gasteiger partial charge in [-0.3, -0.25) is 0 Å². The summed E-state index contributed by atoms with van der Waals surface area (Å²) in [5, 5.41) is 0. The first-order valence-corrected chi connectivity index (χ1v) is 8.45. The molecular weight excluding hydrogens is 304 g/mol. The summed E-state index contributed by atoms with van der Waals surface area (Å²) in [6.07, 6.45) is 7.62. The van der Waals surface area contributed by atoms with Crippen molar-refractivity contribution in [3.63, 3.8) is 0 Å². The van der Waals surface area contributed by atoms with Gasteiger partial charge in [-0.05, 0) is 54.9 Å². The molecule has 0 radical (unpaired) electrons. The van der Waals surface area contributed by atoms with Gasteiger partial charge >= 0.3 is 0 Å². The molecule has 1 unspecified atom stereocenters. The van der Waals surface area contributed by atoms with Crippen molar-refractivity contribution in [2.45, 2.75) is 45.4 Å². The minimum Gasteiger partial charge on any atom is -0.497 e. The van der Waals surface area contributed by atoms with E-state index in [9.17, 15) is 0 Å². The molecule has 0 bridgehead atoms. The number of rotatable bonds is 9. The molecule has 0 fully saturated rings. The van der Waals surface area contributed by atoms with Crippen LogP contribution in [0, 0.1) is 5.92 Å². The molecule has 0 spiro atoms. The lowest BCUT2D eigenvalue weighted by atomic mass is 9.95. The minimum absolute atomic E-state index is 0. The van der Waals surface area contributed by atoms with Crippen LogP contribution in [0.15, 0.2) is 54.6 Å². The van der Waals surface area contributed by atoms with Gasteiger partial charge in [0, 0.05) is 0 Å². The number of ether oxygens (including phenoxy) is 1. The third-order valence-electron chi connectivity index (χ3n) is 4.34. The second-order valence-electron chi connectivity index (χ2n) is 6.22. The summed E-state index contributed by atoms with van der Waals surface area (Å²) in [6, 6.07) is 19.3. The van der Waals surface area contributed by atoms with Crippen molar-refractivity contribution in [1.82, 2.24) is 0 Å². The minimum atomic E-state index is 0. The number of unbranched alkanes of at least 4 members (excludes halogenated alkanes) is 1. The summed E-state index contributed by atoms with van der Waals surface area (Å²) in [6.45, 7) is 2.39. The molecule has 0 aromatic heterocycles. The van der Waals surface area contributed by atoms with E-state index in [1.54, 1.807) is 7.11 Å². The lowest BCUT2D eigenvalue weighted by Crippen LogP contribution is -1.98. The molecule has 23 heavy (non-hydrogen) atoms. The molecule has 126 valence electrons. The SMILES string of the molecule is COc1ccc(CCCCC(C)CCc2ccccc2)cc1.Cl. The van der Waals surface area contributed by atoms with Crippen molar-refractivity contribution in [2.75, 3.05) is 7.11 Å². The van der Waals surface area contributed by atoms with Gasteiger partial charge in [0.15, 0.2) is 0 Å². The summed E-state index contributed by atoms with van der Waals surface area (Å²) in [7, 11) is 1.71. The van der Waals surface area contributed by atoms with E-state index in [1.807, 2.05) is 0 Å². The van der Waals surface area contributed by atoms with E-state index in [2.05, 4.69) is 61.5 Å². The van der Waals surface area contributed by atoms with Crippen LogP contribution in [-0.4, -0.2) is 7.11 Å². The van der Waals surface area contributed by atoms with E-state index >= 15 is 0 Å². The van der Waals surface area contributed by atoms with Crippen LogP contribution in [0.1, 0.15) is 43.7 Å². The van der Waals surface area contributed by atoms with Crippen molar-refractivity contribution in [3.05, 3.63) is 65.7 Å². The van der Waals surface area contributed by atoms with Crippen LogP contribution in [0.25, 0.3) is 0 Å². The molecule has 0 heterocycles. The first kappa shape index (κ1) is 19.6. The Morgan fingerprint density at radius 2 is 1.43 bits per heavy atom. The van der Waals surface area contributed by atoms with E-state index in [0.717, 1.165) is 11.7 Å². The van der Waals surface area contributed by atoms with Crippen LogP contribution in [-0.2, 0) is 12.8 Å². The van der Waals surface area contributed by atoms with Crippen LogP contribution in [0.5, 0.6) is 5.75 Å². The predicted molar refractivity (Wildman–Crippen MR) is 102 cm³/mol. The summed E-state index contributed by atoms with van der Waals surface area (Å²) >= 11 is 0. The van der Waals surface area contributed by atoms with Crippen LogP contribution in [0.2, 0.25) is 0 Å². The van der Waals surface area contributed by atoms with Gasteiger partial charge in [0.1, 0.15) is 5.75 Å². The van der Waals surface area contributed by atoms with E-state index in [0.29, 0.717) is 0 Å². The zero-order chi connectivity index (χ0) is 15.6. The van der Waals surface area contributed by atoms with Crippen LogP contribution >= 0.6 is 12.4 Å². The van der Waals surface area contributed by atoms with Gasteiger partial charge in [0.05, 0.1) is 7.11 Å². The van der Waals surface area contributed by atoms with Crippen molar-refractivity contribution >= 4 is 12.4 Å². The van der Waals surface area contributed by atoms with E-state index in [4.69, 9.17) is 4.74 Å². The second-order valence-corrected chi connectivity index (χ2v) is 6.22. The molecule has 0 saturated heterocycles. The van der Waals surface area contributed by atoms with Crippen molar-refractivity contribution in [2.24, 2.45) is 5.92 Å². The maximum absolute atomic E-state index is 5.19. The van der Waals surface area contributed by atoms with Crippen molar-refractivity contribution in [3.8, 4) is 5.75 Å². The molecule has 0 aliphatic rings. The number of methoxy groups -OCH3 is 1. The number of benzene rings is 2. The first-order chi connectivity index (χ1) is 10.8. The highest BCUT2D eigenvalue weighted by Gasteiger charge is 2.03. The van der Waals surface area contributed by atoms with Gasteiger partial charge in [-0.15, -0.1) is 12.4 Å². The molecule has 0 aliphatic carbocycles. The normalized spacial score (nSPS) is 11.6. The predicted octanol–water partition coefficient (Wildman–Crippen LogP) is 6.10. The Kier molecular flexibility index (Phi) is 9.47. The largest absolute Gasteiger partial charge is 0.497 e. The van der Waals surface area contributed by atoms with Crippen molar-refractivity contribution in [1.29, 1.82) is 0 Å². The standard InChI is InChI=1S/C21H28O.ClH/c1-18(12-13-19-9-4-3-5-10-19)8-6-7-11-20-14-16-21(22-2)17-15-20;/h3-5,9-10,14-18H,6-8,11-13H2,1-2H3;1H. The molecule has 0 saturated carbocycles. The molecular formula is C21H29ClO. The van der Waals surface area contributed by atoms with E-state index < -0.39 is 0 Å². The molecule has 2 rings (SSSR count). The monoisotopic (exact) mass is 332 g/mol. The Bertz CT molecular complexity index is 521. The highest BCUT2D eigenvalue weighted by molar-refractivity contribution is 5.85. The highest BCUT2D eigenvalue weighted by Crippen LogP contribution is 2.18. The van der Waals surface area contributed by atoms with Gasteiger partial charge in [0.2, 0.25) is 0 Å². The average molecular weight is 333 g/mol. The molecule has 1 nitrogen and oxygen atoms in total. The molecule has 0 amide bonds. The Balaban J connectivity index is 0.00000264. The van der Waals surface area contributed by atoms with Gasteiger partial charge < -0.3 is 4.74 Å². The zero-order valence-electron chi connectivity index (χ0n) is 14.3. The summed E-state index contributed by atoms with van der Waals surface area (Å²) < 4.78 is 5.19. The Hall–Kier alpha value is -1.47. The highest BCUT2D eigenvalue weighted by atomic mass is 35.5. The van der Waals surface area contributed by atoms with Gasteiger partial charge in [-0.2, -0.15) is 0 Å². The number of hydrogen-bond acceptors (Lipinski definition) is 1. The third-order valence-corrected chi connectivity index (χ3v) is 4.34. The maximum atomic E-state index is 5.19. The maximum Gasteiger partial charge on any atom is 0.118 e. The van der Waals surface area contributed by atoms with Gasteiger partial charge in [-0.25, -0.2) is 0 Å². The second kappa shape index (κ2) is 11.1. The van der Waals surface area contributed by atoms with Crippen LogP contribution in [0.3, 0.4) is 0 Å². The lowest BCUT2D eigenvalue weighted by Gasteiger charge is -2.11. The average Bonchev–Trinajstić information content (AvgIpc) is 2.58.